The monoisotopic (exact) mass is 400 g/mol. The summed E-state index contributed by atoms with van der Waals surface area (Å²) in [6.07, 6.45) is 9.29. The lowest BCUT2D eigenvalue weighted by molar-refractivity contribution is 0.510. The topological polar surface area (TPSA) is 85.0 Å². The minimum atomic E-state index is 0.0413. The van der Waals surface area contributed by atoms with Crippen molar-refractivity contribution in [1.82, 2.24) is 35.2 Å². The van der Waals surface area contributed by atoms with Crippen LogP contribution in [0.5, 0.6) is 0 Å². The molecule has 0 aliphatic carbocycles. The standard InChI is InChI=1S/C19H25ClN8/c1-21-19(22-9-2-3-11-27-14-24-25-15-27)23-13-18(28-12-4-10-26-28)16-5-7-17(20)8-6-16/h4-8,10,12,14-15,18H,2-3,9,11,13H2,1H3,(H2,21,22,23). The molecule has 8 nitrogen and oxygen atoms in total. The quantitative estimate of drug-likeness (QED) is 0.327. The van der Waals surface area contributed by atoms with Gasteiger partial charge >= 0.3 is 0 Å². The summed E-state index contributed by atoms with van der Waals surface area (Å²) < 4.78 is 3.91. The average molecular weight is 401 g/mol. The number of nitrogens with zero attached hydrogens (tertiary/aromatic N) is 6. The number of hydrogen-bond acceptors (Lipinski definition) is 4. The Balaban J connectivity index is 1.49. The van der Waals surface area contributed by atoms with E-state index in [1.807, 2.05) is 45.8 Å². The van der Waals surface area contributed by atoms with E-state index in [0.717, 1.165) is 42.5 Å². The van der Waals surface area contributed by atoms with Crippen LogP contribution in [0, 0.1) is 0 Å². The van der Waals surface area contributed by atoms with Gasteiger partial charge in [0.2, 0.25) is 0 Å². The molecular formula is C19H25ClN8. The zero-order valence-corrected chi connectivity index (χ0v) is 16.6. The number of benzene rings is 1. The van der Waals surface area contributed by atoms with Gasteiger partial charge < -0.3 is 15.2 Å². The molecule has 0 aliphatic rings. The first-order chi connectivity index (χ1) is 13.8. The van der Waals surface area contributed by atoms with Gasteiger partial charge in [0.1, 0.15) is 12.7 Å². The Kier molecular flexibility index (Phi) is 7.43. The van der Waals surface area contributed by atoms with Crippen molar-refractivity contribution in [3.63, 3.8) is 0 Å². The number of aryl methyl sites for hydroxylation is 1. The number of rotatable bonds is 9. The zero-order valence-electron chi connectivity index (χ0n) is 15.9. The molecule has 0 bridgehead atoms. The summed E-state index contributed by atoms with van der Waals surface area (Å²) in [7, 11) is 1.78. The molecule has 2 heterocycles. The van der Waals surface area contributed by atoms with E-state index in [9.17, 15) is 0 Å². The lowest BCUT2D eigenvalue weighted by Gasteiger charge is -2.20. The molecule has 2 N–H and O–H groups in total. The van der Waals surface area contributed by atoms with Gasteiger partial charge in [-0.05, 0) is 36.6 Å². The van der Waals surface area contributed by atoms with Crippen LogP contribution in [0.2, 0.25) is 5.02 Å². The van der Waals surface area contributed by atoms with Crippen LogP contribution in [-0.4, -0.2) is 50.6 Å². The summed E-state index contributed by atoms with van der Waals surface area (Å²) in [5.74, 6) is 0.774. The summed E-state index contributed by atoms with van der Waals surface area (Å²) in [4.78, 5) is 4.32. The molecule has 3 rings (SSSR count). The number of nitrogens with one attached hydrogen (secondary N) is 2. The van der Waals surface area contributed by atoms with E-state index in [-0.39, 0.29) is 6.04 Å². The number of aliphatic imine (C=N–C) groups is 1. The van der Waals surface area contributed by atoms with Crippen molar-refractivity contribution in [1.29, 1.82) is 0 Å². The van der Waals surface area contributed by atoms with Gasteiger partial charge in [-0.1, -0.05) is 23.7 Å². The molecule has 1 aromatic carbocycles. The summed E-state index contributed by atoms with van der Waals surface area (Å²) in [6, 6.07) is 9.81. The zero-order chi connectivity index (χ0) is 19.6. The molecule has 1 atom stereocenters. The Labute approximate surface area is 169 Å². The molecule has 148 valence electrons. The second-order valence-corrected chi connectivity index (χ2v) is 6.78. The number of halogens is 1. The third-order valence-electron chi connectivity index (χ3n) is 4.39. The lowest BCUT2D eigenvalue weighted by Crippen LogP contribution is -2.41. The maximum Gasteiger partial charge on any atom is 0.191 e. The SMILES string of the molecule is CN=C(NCCCCn1cnnc1)NCC(c1ccc(Cl)cc1)n1cccn1. The Hall–Kier alpha value is -2.87. The largest absolute Gasteiger partial charge is 0.356 e. The molecule has 1 unspecified atom stereocenters. The van der Waals surface area contributed by atoms with Crippen LogP contribution in [0.3, 0.4) is 0 Å². The molecule has 9 heteroatoms. The van der Waals surface area contributed by atoms with Crippen LogP contribution in [0.25, 0.3) is 0 Å². The average Bonchev–Trinajstić information content (AvgIpc) is 3.42. The molecule has 0 aliphatic heterocycles. The highest BCUT2D eigenvalue weighted by molar-refractivity contribution is 6.30. The fourth-order valence-electron chi connectivity index (χ4n) is 2.89. The third-order valence-corrected chi connectivity index (χ3v) is 4.64. The molecule has 0 spiro atoms. The van der Waals surface area contributed by atoms with Crippen LogP contribution >= 0.6 is 11.6 Å². The van der Waals surface area contributed by atoms with Crippen LogP contribution in [0.4, 0.5) is 0 Å². The number of guanidine groups is 1. The van der Waals surface area contributed by atoms with Crippen molar-refractivity contribution in [2.24, 2.45) is 4.99 Å². The number of aromatic nitrogens is 5. The van der Waals surface area contributed by atoms with Crippen molar-refractivity contribution < 1.29 is 0 Å². The first-order valence-electron chi connectivity index (χ1n) is 9.28. The predicted octanol–water partition coefficient (Wildman–Crippen LogP) is 2.36. The molecule has 3 aromatic rings. The minimum absolute atomic E-state index is 0.0413. The van der Waals surface area contributed by atoms with Crippen molar-refractivity contribution >= 4 is 17.6 Å². The Morgan fingerprint density at radius 2 is 1.93 bits per heavy atom. The van der Waals surface area contributed by atoms with E-state index < -0.39 is 0 Å². The Morgan fingerprint density at radius 3 is 2.61 bits per heavy atom. The second kappa shape index (κ2) is 10.5. The van der Waals surface area contributed by atoms with Crippen LogP contribution < -0.4 is 10.6 Å². The molecule has 0 radical (unpaired) electrons. The van der Waals surface area contributed by atoms with Crippen LogP contribution in [0.15, 0.2) is 60.4 Å². The van der Waals surface area contributed by atoms with E-state index in [2.05, 4.69) is 30.9 Å². The fourth-order valence-corrected chi connectivity index (χ4v) is 3.02. The third kappa shape index (κ3) is 5.82. The van der Waals surface area contributed by atoms with E-state index in [1.165, 1.54) is 0 Å². The first kappa shape index (κ1) is 19.9. The second-order valence-electron chi connectivity index (χ2n) is 6.34. The van der Waals surface area contributed by atoms with Crippen molar-refractivity contribution in [2.45, 2.75) is 25.4 Å². The molecule has 0 saturated heterocycles. The number of unbranched alkanes of at least 4 members (excludes halogenated alkanes) is 1. The van der Waals surface area contributed by atoms with Crippen LogP contribution in [-0.2, 0) is 6.54 Å². The first-order valence-corrected chi connectivity index (χ1v) is 9.65. The van der Waals surface area contributed by atoms with E-state index in [1.54, 1.807) is 25.9 Å². The van der Waals surface area contributed by atoms with Gasteiger partial charge in [0.25, 0.3) is 0 Å². The van der Waals surface area contributed by atoms with Crippen molar-refractivity contribution in [3.05, 3.63) is 66.0 Å². The summed E-state index contributed by atoms with van der Waals surface area (Å²) in [5, 5.41) is 19.5. The molecule has 0 saturated carbocycles. The highest BCUT2D eigenvalue weighted by atomic mass is 35.5. The molecule has 0 fully saturated rings. The van der Waals surface area contributed by atoms with E-state index >= 15 is 0 Å². The lowest BCUT2D eigenvalue weighted by atomic mass is 10.1. The van der Waals surface area contributed by atoms with Gasteiger partial charge in [-0.3, -0.25) is 9.67 Å². The Morgan fingerprint density at radius 1 is 1.14 bits per heavy atom. The number of hydrogen-bond donors (Lipinski definition) is 2. The van der Waals surface area contributed by atoms with Gasteiger partial charge in [-0.25, -0.2) is 0 Å². The summed E-state index contributed by atoms with van der Waals surface area (Å²) >= 11 is 6.03. The molecule has 0 amide bonds. The fraction of sp³-hybridized carbons (Fsp3) is 0.368. The van der Waals surface area contributed by atoms with E-state index in [4.69, 9.17) is 11.6 Å². The Bertz CT molecular complexity index is 827. The normalized spacial score (nSPS) is 12.7. The molecule has 2 aromatic heterocycles. The maximum absolute atomic E-state index is 6.03. The van der Waals surface area contributed by atoms with Gasteiger partial charge in [0.15, 0.2) is 5.96 Å². The van der Waals surface area contributed by atoms with Crippen molar-refractivity contribution in [2.75, 3.05) is 20.1 Å². The highest BCUT2D eigenvalue weighted by Crippen LogP contribution is 2.19. The minimum Gasteiger partial charge on any atom is -0.356 e. The van der Waals surface area contributed by atoms with Gasteiger partial charge in [-0.2, -0.15) is 5.10 Å². The van der Waals surface area contributed by atoms with Crippen LogP contribution in [0.1, 0.15) is 24.4 Å². The maximum atomic E-state index is 6.03. The van der Waals surface area contributed by atoms with Crippen molar-refractivity contribution in [3.8, 4) is 0 Å². The van der Waals surface area contributed by atoms with Gasteiger partial charge in [0, 0.05) is 44.1 Å². The smallest absolute Gasteiger partial charge is 0.191 e. The van der Waals surface area contributed by atoms with Gasteiger partial charge in [-0.15, -0.1) is 10.2 Å². The highest BCUT2D eigenvalue weighted by Gasteiger charge is 2.14. The molecule has 28 heavy (non-hydrogen) atoms. The molecular weight excluding hydrogens is 376 g/mol. The summed E-state index contributed by atoms with van der Waals surface area (Å²) in [5.41, 5.74) is 1.13. The van der Waals surface area contributed by atoms with E-state index in [0.29, 0.717) is 6.54 Å². The summed E-state index contributed by atoms with van der Waals surface area (Å²) in [6.45, 7) is 2.41. The predicted molar refractivity (Wildman–Crippen MR) is 110 cm³/mol. The van der Waals surface area contributed by atoms with Gasteiger partial charge in [0.05, 0.1) is 6.04 Å².